The summed E-state index contributed by atoms with van der Waals surface area (Å²) in [4.78, 5) is 30.0. The molecule has 0 bridgehead atoms. The Bertz CT molecular complexity index is 1230. The quantitative estimate of drug-likeness (QED) is 0.423. The molecular formula is C32H41N5O2. The van der Waals surface area contributed by atoms with E-state index in [0.717, 1.165) is 63.1 Å². The average molecular weight is 528 g/mol. The van der Waals surface area contributed by atoms with Gasteiger partial charge in [-0.25, -0.2) is 0 Å². The standard InChI is InChI=1S/C32H41N5O2/c1-3-36-31(21-29(34-36)20-25-10-6-4-7-11-25)27-14-17-35(18-15-27)19-16-30(26-12-8-5-9-13-26)37(24(2)38)32(39)28-22-33-23-28/h4-13,21,27-28,30,33H,3,14-20,22-23H2,1-2H3/t30-/m0/s1. The molecule has 3 aromatic rings. The molecule has 0 aliphatic carbocycles. The largest absolute Gasteiger partial charge is 0.315 e. The van der Waals surface area contributed by atoms with Gasteiger partial charge in [-0.15, -0.1) is 0 Å². The van der Waals surface area contributed by atoms with Gasteiger partial charge in [0.05, 0.1) is 17.7 Å². The van der Waals surface area contributed by atoms with Crippen molar-refractivity contribution in [2.75, 3.05) is 32.7 Å². The van der Waals surface area contributed by atoms with E-state index < -0.39 is 0 Å². The van der Waals surface area contributed by atoms with Crippen molar-refractivity contribution in [1.82, 2.24) is 24.9 Å². The first-order valence-corrected chi connectivity index (χ1v) is 14.5. The monoisotopic (exact) mass is 527 g/mol. The summed E-state index contributed by atoms with van der Waals surface area (Å²) in [7, 11) is 0. The molecule has 2 saturated heterocycles. The van der Waals surface area contributed by atoms with Gasteiger partial charge in [-0.2, -0.15) is 5.10 Å². The lowest BCUT2D eigenvalue weighted by atomic mass is 9.92. The van der Waals surface area contributed by atoms with Gasteiger partial charge in [-0.3, -0.25) is 19.2 Å². The SMILES string of the molecule is CCn1nc(Cc2ccccc2)cc1C1CCN(CC[C@@H](c2ccccc2)N(C(C)=O)C(=O)C2CNC2)CC1. The van der Waals surface area contributed by atoms with Crippen molar-refractivity contribution < 1.29 is 9.59 Å². The Hall–Kier alpha value is -3.29. The van der Waals surface area contributed by atoms with Gasteiger partial charge in [0.25, 0.3) is 0 Å². The molecule has 0 radical (unpaired) electrons. The molecule has 3 heterocycles. The van der Waals surface area contributed by atoms with Crippen LogP contribution in [0, 0.1) is 5.92 Å². The van der Waals surface area contributed by atoms with Crippen LogP contribution >= 0.6 is 0 Å². The number of nitrogens with one attached hydrogen (secondary N) is 1. The van der Waals surface area contributed by atoms with Crippen LogP contribution in [0.2, 0.25) is 0 Å². The van der Waals surface area contributed by atoms with Crippen LogP contribution in [0.4, 0.5) is 0 Å². The van der Waals surface area contributed by atoms with E-state index in [4.69, 9.17) is 5.10 Å². The molecule has 206 valence electrons. The molecule has 1 atom stereocenters. The van der Waals surface area contributed by atoms with E-state index in [1.165, 1.54) is 23.1 Å². The number of hydrogen-bond donors (Lipinski definition) is 1. The summed E-state index contributed by atoms with van der Waals surface area (Å²) in [6.45, 7) is 8.76. The third-order valence-corrected chi connectivity index (χ3v) is 8.32. The van der Waals surface area contributed by atoms with Crippen LogP contribution in [0.5, 0.6) is 0 Å². The van der Waals surface area contributed by atoms with Gasteiger partial charge in [0, 0.05) is 51.1 Å². The smallest absolute Gasteiger partial charge is 0.235 e. The minimum atomic E-state index is -0.239. The molecule has 7 heteroatoms. The number of amides is 2. The van der Waals surface area contributed by atoms with Gasteiger partial charge in [0.1, 0.15) is 0 Å². The summed E-state index contributed by atoms with van der Waals surface area (Å²) in [5, 5.41) is 8.08. The number of rotatable bonds is 10. The van der Waals surface area contributed by atoms with Crippen LogP contribution in [0.1, 0.15) is 67.6 Å². The molecule has 0 unspecified atom stereocenters. The molecule has 7 nitrogen and oxygen atoms in total. The van der Waals surface area contributed by atoms with Crippen molar-refractivity contribution in [2.45, 2.75) is 58.0 Å². The zero-order chi connectivity index (χ0) is 27.2. The first kappa shape index (κ1) is 27.3. The molecule has 5 rings (SSSR count). The lowest BCUT2D eigenvalue weighted by Gasteiger charge is -2.37. The number of aryl methyl sites for hydroxylation is 1. The lowest BCUT2D eigenvalue weighted by Crippen LogP contribution is -2.54. The van der Waals surface area contributed by atoms with Gasteiger partial charge in [0.15, 0.2) is 0 Å². The number of carbonyl (C=O) groups is 2. The highest BCUT2D eigenvalue weighted by Crippen LogP contribution is 2.32. The number of benzene rings is 2. The molecule has 0 spiro atoms. The maximum absolute atomic E-state index is 13.3. The molecule has 2 aliphatic heterocycles. The third kappa shape index (κ3) is 6.48. The lowest BCUT2D eigenvalue weighted by molar-refractivity contribution is -0.150. The fourth-order valence-electron chi connectivity index (χ4n) is 6.03. The fraction of sp³-hybridized carbons (Fsp3) is 0.469. The van der Waals surface area contributed by atoms with E-state index in [1.807, 2.05) is 30.3 Å². The average Bonchev–Trinajstić information content (AvgIpc) is 3.33. The van der Waals surface area contributed by atoms with Crippen LogP contribution in [-0.4, -0.2) is 64.1 Å². The van der Waals surface area contributed by atoms with Crippen molar-refractivity contribution in [3.05, 3.63) is 89.2 Å². The van der Waals surface area contributed by atoms with Crippen LogP contribution in [0.3, 0.4) is 0 Å². The zero-order valence-corrected chi connectivity index (χ0v) is 23.3. The van der Waals surface area contributed by atoms with E-state index in [0.29, 0.717) is 19.0 Å². The van der Waals surface area contributed by atoms with E-state index in [9.17, 15) is 9.59 Å². The second-order valence-electron chi connectivity index (χ2n) is 11.0. The van der Waals surface area contributed by atoms with Crippen LogP contribution in [0.15, 0.2) is 66.7 Å². The van der Waals surface area contributed by atoms with E-state index in [1.54, 1.807) is 0 Å². The van der Waals surface area contributed by atoms with Crippen molar-refractivity contribution in [2.24, 2.45) is 5.92 Å². The van der Waals surface area contributed by atoms with Gasteiger partial charge in [-0.05, 0) is 56.5 Å². The van der Waals surface area contributed by atoms with Crippen molar-refractivity contribution >= 4 is 11.8 Å². The van der Waals surface area contributed by atoms with E-state index in [-0.39, 0.29) is 23.8 Å². The van der Waals surface area contributed by atoms with E-state index in [2.05, 4.69) is 58.2 Å². The normalized spacial score (nSPS) is 17.5. The van der Waals surface area contributed by atoms with Gasteiger partial charge >= 0.3 is 0 Å². The van der Waals surface area contributed by atoms with Crippen molar-refractivity contribution in [3.63, 3.8) is 0 Å². The topological polar surface area (TPSA) is 70.5 Å². The number of aromatic nitrogens is 2. The van der Waals surface area contributed by atoms with Crippen LogP contribution in [0.25, 0.3) is 0 Å². The molecule has 2 fully saturated rings. The first-order valence-electron chi connectivity index (χ1n) is 14.5. The highest BCUT2D eigenvalue weighted by atomic mass is 16.2. The van der Waals surface area contributed by atoms with Gasteiger partial charge in [0.2, 0.25) is 11.8 Å². The highest BCUT2D eigenvalue weighted by molar-refractivity contribution is 5.96. The fourth-order valence-corrected chi connectivity index (χ4v) is 6.03. The van der Waals surface area contributed by atoms with Crippen LogP contribution in [-0.2, 0) is 22.6 Å². The minimum Gasteiger partial charge on any atom is -0.315 e. The molecule has 0 saturated carbocycles. The van der Waals surface area contributed by atoms with Gasteiger partial charge in [-0.1, -0.05) is 60.7 Å². The van der Waals surface area contributed by atoms with E-state index >= 15 is 0 Å². The number of likely N-dealkylation sites (tertiary alicyclic amines) is 1. The molecule has 39 heavy (non-hydrogen) atoms. The second-order valence-corrected chi connectivity index (χ2v) is 11.0. The summed E-state index contributed by atoms with van der Waals surface area (Å²) in [6.07, 6.45) is 3.79. The molecule has 1 aromatic heterocycles. The number of hydrogen-bond acceptors (Lipinski definition) is 5. The second kappa shape index (κ2) is 12.7. The number of imide groups is 1. The summed E-state index contributed by atoms with van der Waals surface area (Å²) in [5.74, 6) is 0.183. The Morgan fingerprint density at radius 1 is 1.03 bits per heavy atom. The van der Waals surface area contributed by atoms with Crippen LogP contribution < -0.4 is 5.32 Å². The predicted molar refractivity (Wildman–Crippen MR) is 153 cm³/mol. The maximum Gasteiger partial charge on any atom is 0.235 e. The Labute approximate surface area is 232 Å². The molecule has 2 amide bonds. The summed E-state index contributed by atoms with van der Waals surface area (Å²) >= 11 is 0. The first-order chi connectivity index (χ1) is 19.0. The number of piperidine rings is 1. The summed E-state index contributed by atoms with van der Waals surface area (Å²) in [5.41, 5.74) is 4.81. The Morgan fingerprint density at radius 2 is 1.69 bits per heavy atom. The number of carbonyl (C=O) groups excluding carboxylic acids is 2. The zero-order valence-electron chi connectivity index (χ0n) is 23.3. The molecule has 2 aliphatic rings. The molecular weight excluding hydrogens is 486 g/mol. The molecule has 2 aromatic carbocycles. The Balaban J connectivity index is 1.22. The highest BCUT2D eigenvalue weighted by Gasteiger charge is 2.36. The third-order valence-electron chi connectivity index (χ3n) is 8.32. The molecule has 1 N–H and O–H groups in total. The van der Waals surface area contributed by atoms with Crippen molar-refractivity contribution in [1.29, 1.82) is 0 Å². The predicted octanol–water partition coefficient (Wildman–Crippen LogP) is 4.40. The van der Waals surface area contributed by atoms with Crippen molar-refractivity contribution in [3.8, 4) is 0 Å². The summed E-state index contributed by atoms with van der Waals surface area (Å²) < 4.78 is 2.19. The summed E-state index contributed by atoms with van der Waals surface area (Å²) in [6, 6.07) is 22.7. The Morgan fingerprint density at radius 3 is 2.28 bits per heavy atom. The van der Waals surface area contributed by atoms with Gasteiger partial charge < -0.3 is 10.2 Å². The minimum absolute atomic E-state index is 0.0482. The Kier molecular flexibility index (Phi) is 8.89. The number of nitrogens with zero attached hydrogens (tertiary/aromatic N) is 4. The maximum atomic E-state index is 13.3.